The van der Waals surface area contributed by atoms with Gasteiger partial charge >= 0.3 is 0 Å². The molecule has 8 nitrogen and oxygen atoms in total. The van der Waals surface area contributed by atoms with Crippen LogP contribution in [0.2, 0.25) is 0 Å². The maximum atomic E-state index is 12.9. The van der Waals surface area contributed by atoms with Crippen molar-refractivity contribution in [2.75, 3.05) is 18.4 Å². The van der Waals surface area contributed by atoms with E-state index in [0.717, 1.165) is 43.9 Å². The number of phenols is 1. The number of para-hydroxylation sites is 1. The Bertz CT molecular complexity index is 1070. The van der Waals surface area contributed by atoms with Crippen molar-refractivity contribution in [2.45, 2.75) is 32.0 Å². The fourth-order valence-corrected chi connectivity index (χ4v) is 4.83. The van der Waals surface area contributed by atoms with Gasteiger partial charge in [0.1, 0.15) is 23.8 Å². The summed E-state index contributed by atoms with van der Waals surface area (Å²) in [6.07, 6.45) is 3.94. The van der Waals surface area contributed by atoms with Crippen LogP contribution in [0.4, 0.5) is 5.69 Å². The topological polar surface area (TPSA) is 92.5 Å². The molecule has 4 heterocycles. The predicted molar refractivity (Wildman–Crippen MR) is 119 cm³/mol. The van der Waals surface area contributed by atoms with Gasteiger partial charge in [-0.1, -0.05) is 29.5 Å². The Morgan fingerprint density at radius 2 is 2.06 bits per heavy atom. The normalized spacial score (nSPS) is 24.2. The van der Waals surface area contributed by atoms with E-state index in [2.05, 4.69) is 20.5 Å². The quantitative estimate of drug-likeness (QED) is 0.595. The average molecular weight is 434 g/mol. The van der Waals surface area contributed by atoms with Crippen LogP contribution < -0.4 is 10.1 Å². The molecule has 2 bridgehead atoms. The van der Waals surface area contributed by atoms with Gasteiger partial charge in [-0.05, 0) is 49.6 Å². The van der Waals surface area contributed by atoms with E-state index in [1.807, 2.05) is 41.2 Å². The van der Waals surface area contributed by atoms with E-state index in [1.165, 1.54) is 0 Å². The number of anilines is 1. The number of hydrogen-bond acceptors (Lipinski definition) is 6. The summed E-state index contributed by atoms with van der Waals surface area (Å²) in [5.41, 5.74) is 1.43. The molecule has 3 aliphatic heterocycles. The highest BCUT2D eigenvalue weighted by Crippen LogP contribution is 2.37. The van der Waals surface area contributed by atoms with Crippen LogP contribution in [0, 0.1) is 11.8 Å². The van der Waals surface area contributed by atoms with Gasteiger partial charge in [0.25, 0.3) is 0 Å². The number of hydrogen-bond donors (Lipinski definition) is 2. The molecule has 0 radical (unpaired) electrons. The van der Waals surface area contributed by atoms with Crippen LogP contribution >= 0.6 is 0 Å². The van der Waals surface area contributed by atoms with Gasteiger partial charge in [0, 0.05) is 24.3 Å². The van der Waals surface area contributed by atoms with Crippen molar-refractivity contribution in [3.63, 3.8) is 0 Å². The maximum absolute atomic E-state index is 12.9. The third kappa shape index (κ3) is 4.60. The summed E-state index contributed by atoms with van der Waals surface area (Å²) in [7, 11) is 0. The molecule has 8 heteroatoms. The van der Waals surface area contributed by atoms with E-state index < -0.39 is 0 Å². The predicted octanol–water partition coefficient (Wildman–Crippen LogP) is 2.91. The maximum Gasteiger partial charge on any atom is 0.229 e. The molecule has 3 saturated heterocycles. The SMILES string of the molecule is O=C(Nc1cccc(O)c1)C1CN2CCC1CC2Cn1cc(COc2ccccc2)nn1. The van der Waals surface area contributed by atoms with Crippen LogP contribution in [0.1, 0.15) is 18.5 Å². The molecule has 0 spiro atoms. The van der Waals surface area contributed by atoms with Gasteiger partial charge in [0.2, 0.25) is 5.91 Å². The highest BCUT2D eigenvalue weighted by Gasteiger charge is 2.43. The highest BCUT2D eigenvalue weighted by molar-refractivity contribution is 5.93. The molecule has 6 rings (SSSR count). The number of piperidine rings is 3. The van der Waals surface area contributed by atoms with Gasteiger partial charge in [0.05, 0.1) is 18.7 Å². The molecule has 0 saturated carbocycles. The molecule has 3 aromatic rings. The molecule has 4 unspecified atom stereocenters. The van der Waals surface area contributed by atoms with Gasteiger partial charge in [-0.3, -0.25) is 14.4 Å². The number of phenolic OH excluding ortho intramolecular Hbond substituents is 1. The molecule has 3 fully saturated rings. The fourth-order valence-electron chi connectivity index (χ4n) is 4.83. The van der Waals surface area contributed by atoms with Gasteiger partial charge in [-0.15, -0.1) is 5.10 Å². The summed E-state index contributed by atoms with van der Waals surface area (Å²) in [6.45, 7) is 2.90. The molecule has 0 aliphatic carbocycles. The lowest BCUT2D eigenvalue weighted by atomic mass is 9.75. The zero-order valence-corrected chi connectivity index (χ0v) is 17.8. The summed E-state index contributed by atoms with van der Waals surface area (Å²) in [5, 5.41) is 21.1. The van der Waals surface area contributed by atoms with Gasteiger partial charge in [0.15, 0.2) is 0 Å². The zero-order valence-electron chi connectivity index (χ0n) is 17.8. The monoisotopic (exact) mass is 433 g/mol. The van der Waals surface area contributed by atoms with E-state index in [4.69, 9.17) is 4.74 Å². The Hall–Kier alpha value is -3.39. The van der Waals surface area contributed by atoms with E-state index in [0.29, 0.717) is 24.3 Å². The number of fused-ring (bicyclic) bond motifs is 3. The van der Waals surface area contributed by atoms with Crippen LogP contribution in [0.3, 0.4) is 0 Å². The number of rotatable bonds is 7. The first-order valence-electron chi connectivity index (χ1n) is 11.0. The van der Waals surface area contributed by atoms with Gasteiger partial charge < -0.3 is 15.2 Å². The number of carbonyl (C=O) groups excluding carboxylic acids is 1. The zero-order chi connectivity index (χ0) is 21.9. The smallest absolute Gasteiger partial charge is 0.229 e. The van der Waals surface area contributed by atoms with Crippen LogP contribution in [-0.4, -0.2) is 50.0 Å². The van der Waals surface area contributed by atoms with Crippen LogP contribution in [0.25, 0.3) is 0 Å². The third-order valence-corrected chi connectivity index (χ3v) is 6.44. The van der Waals surface area contributed by atoms with Crippen molar-refractivity contribution >= 4 is 11.6 Å². The molecular weight excluding hydrogens is 406 g/mol. The Labute approximate surface area is 186 Å². The second-order valence-corrected chi connectivity index (χ2v) is 8.61. The Morgan fingerprint density at radius 3 is 2.84 bits per heavy atom. The molecule has 1 aromatic heterocycles. The molecule has 4 atom stereocenters. The molecule has 1 amide bonds. The average Bonchev–Trinajstić information content (AvgIpc) is 3.26. The number of nitrogens with one attached hydrogen (secondary N) is 1. The first kappa shape index (κ1) is 20.5. The van der Waals surface area contributed by atoms with Crippen LogP contribution in [0.5, 0.6) is 11.5 Å². The first-order chi connectivity index (χ1) is 15.6. The number of aromatic hydroxyl groups is 1. The van der Waals surface area contributed by atoms with E-state index >= 15 is 0 Å². The minimum atomic E-state index is -0.0343. The minimum absolute atomic E-state index is 0.0323. The van der Waals surface area contributed by atoms with Crippen molar-refractivity contribution in [3.8, 4) is 11.5 Å². The molecule has 2 aromatic carbocycles. The van der Waals surface area contributed by atoms with Crippen molar-refractivity contribution in [3.05, 3.63) is 66.5 Å². The summed E-state index contributed by atoms with van der Waals surface area (Å²) in [4.78, 5) is 15.3. The minimum Gasteiger partial charge on any atom is -0.508 e. The number of carbonyl (C=O) groups is 1. The summed E-state index contributed by atoms with van der Waals surface area (Å²) in [6, 6.07) is 16.7. The number of aromatic nitrogens is 3. The van der Waals surface area contributed by atoms with Gasteiger partial charge in [-0.25, -0.2) is 0 Å². The van der Waals surface area contributed by atoms with Crippen molar-refractivity contribution in [2.24, 2.45) is 11.8 Å². The van der Waals surface area contributed by atoms with E-state index in [-0.39, 0.29) is 17.6 Å². The van der Waals surface area contributed by atoms with Crippen LogP contribution in [-0.2, 0) is 17.9 Å². The molecule has 3 aliphatic rings. The largest absolute Gasteiger partial charge is 0.508 e. The number of nitrogens with zero attached hydrogens (tertiary/aromatic N) is 4. The lowest BCUT2D eigenvalue weighted by molar-refractivity contribution is -0.127. The summed E-state index contributed by atoms with van der Waals surface area (Å²) < 4.78 is 7.64. The lowest BCUT2D eigenvalue weighted by Gasteiger charge is -2.49. The second-order valence-electron chi connectivity index (χ2n) is 8.61. The van der Waals surface area contributed by atoms with E-state index in [1.54, 1.807) is 24.3 Å². The van der Waals surface area contributed by atoms with Crippen molar-refractivity contribution in [1.29, 1.82) is 0 Å². The molecule has 2 N–H and O–H groups in total. The van der Waals surface area contributed by atoms with Crippen molar-refractivity contribution in [1.82, 2.24) is 19.9 Å². The number of amides is 1. The van der Waals surface area contributed by atoms with Gasteiger partial charge in [-0.2, -0.15) is 0 Å². The number of ether oxygens (including phenoxy) is 1. The Morgan fingerprint density at radius 1 is 1.19 bits per heavy atom. The summed E-state index contributed by atoms with van der Waals surface area (Å²) in [5.74, 6) is 1.32. The fraction of sp³-hybridized carbons (Fsp3) is 0.375. The Balaban J connectivity index is 1.16. The van der Waals surface area contributed by atoms with Crippen LogP contribution in [0.15, 0.2) is 60.8 Å². The Kier molecular flexibility index (Phi) is 5.77. The summed E-state index contributed by atoms with van der Waals surface area (Å²) >= 11 is 0. The first-order valence-corrected chi connectivity index (χ1v) is 11.0. The molecule has 32 heavy (non-hydrogen) atoms. The van der Waals surface area contributed by atoms with E-state index in [9.17, 15) is 9.90 Å². The highest BCUT2D eigenvalue weighted by atomic mass is 16.5. The second kappa shape index (κ2) is 9.00. The lowest BCUT2D eigenvalue weighted by Crippen LogP contribution is -2.57. The molecular formula is C24H27N5O3. The van der Waals surface area contributed by atoms with Crippen molar-refractivity contribution < 1.29 is 14.6 Å². The standard InChI is InChI=1S/C24H27N5O3/c30-21-6-4-5-18(12-21)25-24(31)23-15-28-10-9-17(23)11-20(28)14-29-13-19(26-27-29)16-32-22-7-2-1-3-8-22/h1-8,12-13,17,20,23,30H,9-11,14-16H2,(H,25,31). The third-order valence-electron chi connectivity index (χ3n) is 6.44. The number of benzene rings is 2. The molecule has 166 valence electrons.